The van der Waals surface area contributed by atoms with E-state index in [1.165, 1.54) is 13.2 Å². The highest BCUT2D eigenvalue weighted by molar-refractivity contribution is 7.93. The van der Waals surface area contributed by atoms with E-state index in [0.29, 0.717) is 40.0 Å². The molecule has 1 amide bonds. The van der Waals surface area contributed by atoms with Crippen LogP contribution in [0, 0.1) is 19.3 Å². The molecule has 0 radical (unpaired) electrons. The van der Waals surface area contributed by atoms with Gasteiger partial charge in [0.2, 0.25) is 5.91 Å². The van der Waals surface area contributed by atoms with Gasteiger partial charge in [0.1, 0.15) is 18.8 Å². The number of nitrogens with zero attached hydrogens (tertiary/aromatic N) is 3. The van der Waals surface area contributed by atoms with Crippen molar-refractivity contribution in [2.45, 2.75) is 52.5 Å². The fraction of sp³-hybridized carbons (Fsp3) is 0.393. The van der Waals surface area contributed by atoms with Crippen LogP contribution in [0.2, 0.25) is 0 Å². The van der Waals surface area contributed by atoms with Crippen LogP contribution in [-0.4, -0.2) is 51.6 Å². The summed E-state index contributed by atoms with van der Waals surface area (Å²) in [5.74, 6) is 0.589. The fourth-order valence-electron chi connectivity index (χ4n) is 4.05. The number of carbonyl (C=O) groups is 2. The number of rotatable bonds is 10. The first kappa shape index (κ1) is 29.1. The second kappa shape index (κ2) is 11.5. The molecule has 0 spiro atoms. The first-order valence-corrected chi connectivity index (χ1v) is 13.6. The van der Waals surface area contributed by atoms with Crippen LogP contribution in [-0.2, 0) is 26.1 Å². The van der Waals surface area contributed by atoms with Gasteiger partial charge < -0.3 is 14.2 Å². The summed E-state index contributed by atoms with van der Waals surface area (Å²) in [5.41, 5.74) is 2.48. The van der Waals surface area contributed by atoms with Gasteiger partial charge in [-0.15, -0.1) is 0 Å². The molecule has 1 heterocycles. The number of sulfonamides is 1. The molecule has 9 nitrogen and oxygen atoms in total. The smallest absolute Gasteiger partial charge is 0.268 e. The van der Waals surface area contributed by atoms with Gasteiger partial charge in [0.25, 0.3) is 10.0 Å². The third kappa shape index (κ3) is 6.31. The highest BCUT2D eigenvalue weighted by Gasteiger charge is 2.32. The van der Waals surface area contributed by atoms with E-state index in [1.54, 1.807) is 62.2 Å². The summed E-state index contributed by atoms with van der Waals surface area (Å²) in [7, 11) is -1.07. The fourth-order valence-corrected chi connectivity index (χ4v) is 5.63. The molecule has 38 heavy (non-hydrogen) atoms. The van der Waals surface area contributed by atoms with Crippen molar-refractivity contribution in [3.8, 4) is 11.1 Å². The Morgan fingerprint density at radius 2 is 1.79 bits per heavy atom. The van der Waals surface area contributed by atoms with Crippen LogP contribution in [0.25, 0.3) is 11.1 Å². The highest BCUT2D eigenvalue weighted by Crippen LogP contribution is 2.35. The predicted molar refractivity (Wildman–Crippen MR) is 145 cm³/mol. The third-order valence-corrected chi connectivity index (χ3v) is 7.91. The normalized spacial score (nSPS) is 11.9. The number of methoxy groups -OCH3 is 1. The Morgan fingerprint density at radius 3 is 2.37 bits per heavy atom. The summed E-state index contributed by atoms with van der Waals surface area (Å²) >= 11 is 0. The third-order valence-electron chi connectivity index (χ3n) is 6.14. The minimum Gasteiger partial charge on any atom is -0.363 e. The summed E-state index contributed by atoms with van der Waals surface area (Å²) in [6.07, 6.45) is 1.07. The topological polar surface area (TPSA) is 110 Å². The van der Waals surface area contributed by atoms with Gasteiger partial charge in [-0.2, -0.15) is 0 Å². The minimum atomic E-state index is -4.17. The van der Waals surface area contributed by atoms with Gasteiger partial charge in [-0.3, -0.25) is 9.59 Å². The maximum atomic E-state index is 14.0. The zero-order valence-electron chi connectivity index (χ0n) is 22.9. The number of carbonyl (C=O) groups excluding carboxylic acids is 2. The van der Waals surface area contributed by atoms with Crippen molar-refractivity contribution in [2.75, 3.05) is 25.2 Å². The van der Waals surface area contributed by atoms with Crippen molar-refractivity contribution in [2.24, 2.45) is 5.41 Å². The SMILES string of the molecule is COCN(c1noc(C)c1C)S(=O)(=O)c1ccccc1-c1ccc(C=O)cc1CN(C)C(=O)CC(C)(C)C. The van der Waals surface area contributed by atoms with Gasteiger partial charge in [-0.1, -0.05) is 56.3 Å². The molecule has 0 aliphatic carbocycles. The Balaban J connectivity index is 2.14. The van der Waals surface area contributed by atoms with E-state index in [-0.39, 0.29) is 35.3 Å². The summed E-state index contributed by atoms with van der Waals surface area (Å²) < 4.78 is 39.6. The number of aldehydes is 1. The number of aryl methyl sites for hydroxylation is 1. The average molecular weight is 542 g/mol. The molecule has 0 aliphatic rings. The van der Waals surface area contributed by atoms with Crippen molar-refractivity contribution < 1.29 is 27.3 Å². The van der Waals surface area contributed by atoms with Gasteiger partial charge in [0.05, 0.1) is 4.90 Å². The lowest BCUT2D eigenvalue weighted by molar-refractivity contribution is -0.132. The van der Waals surface area contributed by atoms with Crippen LogP contribution in [0.5, 0.6) is 0 Å². The molecule has 3 aromatic rings. The number of anilines is 1. The van der Waals surface area contributed by atoms with Crippen LogP contribution in [0.3, 0.4) is 0 Å². The summed E-state index contributed by atoms with van der Waals surface area (Å²) in [4.78, 5) is 26.1. The van der Waals surface area contributed by atoms with E-state index in [2.05, 4.69) is 5.16 Å². The molecule has 0 saturated heterocycles. The molecule has 0 unspecified atom stereocenters. The first-order valence-electron chi connectivity index (χ1n) is 12.2. The Morgan fingerprint density at radius 1 is 1.11 bits per heavy atom. The standard InChI is InChI=1S/C28H35N3O6S/c1-19-20(2)37-29-27(19)31(18-36-7)38(34,35)25-11-9-8-10-24(25)23-13-12-21(17-32)14-22(23)16-30(6)26(33)15-28(3,4)5/h8-14,17H,15-16,18H2,1-7H3. The molecule has 0 saturated carbocycles. The second-order valence-electron chi connectivity index (χ2n) is 10.5. The lowest BCUT2D eigenvalue weighted by Crippen LogP contribution is -2.34. The maximum Gasteiger partial charge on any atom is 0.268 e. The zero-order valence-corrected chi connectivity index (χ0v) is 23.8. The quantitative estimate of drug-likeness (QED) is 0.263. The number of hydrogen-bond acceptors (Lipinski definition) is 7. The first-order chi connectivity index (χ1) is 17.8. The van der Waals surface area contributed by atoms with Crippen LogP contribution in [0.15, 0.2) is 51.9 Å². The Kier molecular flexibility index (Phi) is 8.79. The Bertz CT molecular complexity index is 1420. The van der Waals surface area contributed by atoms with Gasteiger partial charge in [0.15, 0.2) is 5.82 Å². The molecule has 0 atom stereocenters. The van der Waals surface area contributed by atoms with Gasteiger partial charge in [-0.25, -0.2) is 12.7 Å². The molecule has 0 fully saturated rings. The summed E-state index contributed by atoms with van der Waals surface area (Å²) in [6, 6.07) is 11.6. The lowest BCUT2D eigenvalue weighted by Gasteiger charge is -2.26. The molecule has 0 bridgehead atoms. The van der Waals surface area contributed by atoms with Gasteiger partial charge in [0, 0.05) is 43.8 Å². The van der Waals surface area contributed by atoms with Crippen molar-refractivity contribution in [3.05, 3.63) is 64.9 Å². The molecule has 1 aromatic heterocycles. The summed E-state index contributed by atoms with van der Waals surface area (Å²) in [5, 5.41) is 3.97. The predicted octanol–water partition coefficient (Wildman–Crippen LogP) is 4.96. The summed E-state index contributed by atoms with van der Waals surface area (Å²) in [6.45, 7) is 9.32. The van der Waals surface area contributed by atoms with Crippen molar-refractivity contribution >= 4 is 28.0 Å². The minimum absolute atomic E-state index is 0.0286. The van der Waals surface area contributed by atoms with E-state index in [9.17, 15) is 18.0 Å². The number of hydrogen-bond donors (Lipinski definition) is 0. The molecule has 3 rings (SSSR count). The Labute approximate surface area is 224 Å². The van der Waals surface area contributed by atoms with E-state index in [4.69, 9.17) is 9.26 Å². The molecule has 10 heteroatoms. The van der Waals surface area contributed by atoms with Crippen LogP contribution in [0.4, 0.5) is 5.82 Å². The van der Waals surface area contributed by atoms with Crippen LogP contribution in [0.1, 0.15) is 54.4 Å². The number of ether oxygens (including phenoxy) is 1. The molecule has 0 N–H and O–H groups in total. The number of aromatic nitrogens is 1. The lowest BCUT2D eigenvalue weighted by atomic mass is 9.91. The van der Waals surface area contributed by atoms with E-state index in [0.717, 1.165) is 10.6 Å². The van der Waals surface area contributed by atoms with E-state index < -0.39 is 10.0 Å². The highest BCUT2D eigenvalue weighted by atomic mass is 32.2. The molecular formula is C28H35N3O6S. The molecule has 0 aliphatic heterocycles. The van der Waals surface area contributed by atoms with Gasteiger partial charge in [-0.05, 0) is 42.5 Å². The monoisotopic (exact) mass is 541 g/mol. The van der Waals surface area contributed by atoms with Crippen LogP contribution >= 0.6 is 0 Å². The van der Waals surface area contributed by atoms with E-state index >= 15 is 0 Å². The molecular weight excluding hydrogens is 506 g/mol. The molecule has 2 aromatic carbocycles. The number of amides is 1. The van der Waals surface area contributed by atoms with Crippen molar-refractivity contribution in [1.82, 2.24) is 10.1 Å². The molecule has 204 valence electrons. The number of benzene rings is 2. The average Bonchev–Trinajstić information content (AvgIpc) is 3.18. The van der Waals surface area contributed by atoms with Crippen molar-refractivity contribution in [3.63, 3.8) is 0 Å². The zero-order chi connectivity index (χ0) is 28.3. The Hall–Kier alpha value is -3.50. The van der Waals surface area contributed by atoms with Gasteiger partial charge >= 0.3 is 0 Å². The van der Waals surface area contributed by atoms with Crippen molar-refractivity contribution in [1.29, 1.82) is 0 Å². The second-order valence-corrected chi connectivity index (χ2v) is 12.3. The van der Waals surface area contributed by atoms with Crippen LogP contribution < -0.4 is 4.31 Å². The largest absolute Gasteiger partial charge is 0.363 e. The maximum absolute atomic E-state index is 14.0. The van der Waals surface area contributed by atoms with E-state index in [1.807, 2.05) is 20.8 Å².